The topological polar surface area (TPSA) is 37.3 Å². The van der Waals surface area contributed by atoms with Crippen LogP contribution in [0.3, 0.4) is 0 Å². The number of ketones is 1. The molecule has 0 heterocycles. The zero-order chi connectivity index (χ0) is 9.56. The Balaban J connectivity index is 4.12. The molecule has 12 heavy (non-hydrogen) atoms. The van der Waals surface area contributed by atoms with Gasteiger partial charge in [0.25, 0.3) is 0 Å². The fraction of sp³-hybridized carbons (Fsp3) is 0.700. The number of carbonyl (C=O) groups excluding carboxylic acids is 1. The molecule has 0 fully saturated rings. The lowest BCUT2D eigenvalue weighted by molar-refractivity contribution is -0.120. The van der Waals surface area contributed by atoms with E-state index in [9.17, 15) is 4.79 Å². The fourth-order valence-corrected chi connectivity index (χ4v) is 0.987. The van der Waals surface area contributed by atoms with Crippen molar-refractivity contribution in [3.8, 4) is 0 Å². The Kier molecular flexibility index (Phi) is 5.64. The summed E-state index contributed by atoms with van der Waals surface area (Å²) in [4.78, 5) is 11.3. The van der Waals surface area contributed by atoms with Crippen LogP contribution in [0.2, 0.25) is 0 Å². The van der Waals surface area contributed by atoms with E-state index in [2.05, 4.69) is 0 Å². The lowest BCUT2D eigenvalue weighted by Crippen LogP contribution is -2.22. The van der Waals surface area contributed by atoms with Crippen molar-refractivity contribution in [2.45, 2.75) is 27.2 Å². The molecule has 70 valence electrons. The summed E-state index contributed by atoms with van der Waals surface area (Å²) >= 11 is 0. The van der Waals surface area contributed by atoms with Gasteiger partial charge >= 0.3 is 0 Å². The number of carbonyl (C=O) groups is 1. The molecule has 0 aromatic heterocycles. The maximum absolute atomic E-state index is 11.3. The molecule has 0 radical (unpaired) electrons. The van der Waals surface area contributed by atoms with E-state index >= 15 is 0 Å². The minimum Gasteiger partial charge on any atom is -0.396 e. The van der Waals surface area contributed by atoms with E-state index in [-0.39, 0.29) is 24.2 Å². The molecule has 0 aliphatic heterocycles. The molecule has 0 bridgehead atoms. The highest BCUT2D eigenvalue weighted by Gasteiger charge is 2.18. The lowest BCUT2D eigenvalue weighted by atomic mass is 9.92. The Labute approximate surface area is 74.3 Å². The largest absolute Gasteiger partial charge is 0.396 e. The third kappa shape index (κ3) is 3.67. The van der Waals surface area contributed by atoms with Gasteiger partial charge in [0, 0.05) is 5.92 Å². The van der Waals surface area contributed by atoms with Gasteiger partial charge in [-0.3, -0.25) is 4.79 Å². The summed E-state index contributed by atoms with van der Waals surface area (Å²) in [5.74, 6) is 0.0196. The summed E-state index contributed by atoms with van der Waals surface area (Å²) < 4.78 is 0. The van der Waals surface area contributed by atoms with Gasteiger partial charge in [0.1, 0.15) is 0 Å². The molecule has 0 aromatic rings. The van der Waals surface area contributed by atoms with Crippen LogP contribution in [0.5, 0.6) is 0 Å². The highest BCUT2D eigenvalue weighted by atomic mass is 16.3. The Morgan fingerprint density at radius 3 is 2.42 bits per heavy atom. The smallest absolute Gasteiger partial charge is 0.160 e. The van der Waals surface area contributed by atoms with Crippen LogP contribution in [0.1, 0.15) is 27.2 Å². The number of rotatable bonds is 5. The summed E-state index contributed by atoms with van der Waals surface area (Å²) in [6.07, 6.45) is 4.26. The van der Waals surface area contributed by atoms with Crippen LogP contribution in [-0.2, 0) is 4.79 Å². The summed E-state index contributed by atoms with van der Waals surface area (Å²) in [7, 11) is 0. The minimum absolute atomic E-state index is 0.0364. The monoisotopic (exact) mass is 170 g/mol. The van der Waals surface area contributed by atoms with Crippen LogP contribution in [0.25, 0.3) is 0 Å². The first-order valence-corrected chi connectivity index (χ1v) is 4.44. The number of allylic oxidation sites excluding steroid dienone is 2. The quantitative estimate of drug-likeness (QED) is 0.639. The van der Waals surface area contributed by atoms with Gasteiger partial charge in [-0.05, 0) is 18.4 Å². The molecule has 1 atom stereocenters. The van der Waals surface area contributed by atoms with Crippen LogP contribution >= 0.6 is 0 Å². The van der Waals surface area contributed by atoms with Gasteiger partial charge in [-0.15, -0.1) is 0 Å². The van der Waals surface area contributed by atoms with E-state index < -0.39 is 0 Å². The van der Waals surface area contributed by atoms with Gasteiger partial charge < -0.3 is 5.11 Å². The van der Waals surface area contributed by atoms with E-state index in [4.69, 9.17) is 5.11 Å². The number of hydrogen-bond donors (Lipinski definition) is 1. The highest BCUT2D eigenvalue weighted by molar-refractivity contribution is 5.91. The Morgan fingerprint density at radius 1 is 1.50 bits per heavy atom. The van der Waals surface area contributed by atoms with Crippen molar-refractivity contribution in [3.63, 3.8) is 0 Å². The molecule has 0 aliphatic rings. The molecule has 0 rings (SSSR count). The minimum atomic E-state index is -0.229. The van der Waals surface area contributed by atoms with Crippen LogP contribution < -0.4 is 0 Å². The van der Waals surface area contributed by atoms with E-state index in [0.29, 0.717) is 0 Å². The second kappa shape index (κ2) is 5.95. The first-order chi connectivity index (χ1) is 5.63. The van der Waals surface area contributed by atoms with Crippen molar-refractivity contribution >= 4 is 5.78 Å². The first-order valence-electron chi connectivity index (χ1n) is 4.44. The third-order valence-corrected chi connectivity index (χ3v) is 1.88. The second-order valence-electron chi connectivity index (χ2n) is 3.25. The molecule has 0 aliphatic carbocycles. The molecule has 1 unspecified atom stereocenters. The van der Waals surface area contributed by atoms with Gasteiger partial charge in [0.05, 0.1) is 6.61 Å². The Morgan fingerprint density at radius 2 is 2.08 bits per heavy atom. The van der Waals surface area contributed by atoms with Crippen molar-refractivity contribution in [2.75, 3.05) is 6.61 Å². The van der Waals surface area contributed by atoms with Gasteiger partial charge in [-0.1, -0.05) is 26.8 Å². The van der Waals surface area contributed by atoms with Crippen molar-refractivity contribution in [1.29, 1.82) is 0 Å². The van der Waals surface area contributed by atoms with Crippen molar-refractivity contribution in [2.24, 2.45) is 11.8 Å². The van der Waals surface area contributed by atoms with E-state index in [1.54, 1.807) is 6.08 Å². The predicted molar refractivity (Wildman–Crippen MR) is 49.9 cm³/mol. The normalized spacial score (nSPS) is 14.1. The Bertz CT molecular complexity index is 159. The molecular weight excluding hydrogens is 152 g/mol. The fourth-order valence-electron chi connectivity index (χ4n) is 0.987. The molecule has 2 heteroatoms. The SMILES string of the molecule is CCC=CC(=O)C(CO)C(C)C. The summed E-state index contributed by atoms with van der Waals surface area (Å²) in [6, 6.07) is 0. The lowest BCUT2D eigenvalue weighted by Gasteiger charge is -2.14. The predicted octanol–water partition coefficient (Wildman–Crippen LogP) is 1.79. The molecule has 0 saturated heterocycles. The standard InChI is InChI=1S/C10H18O2/c1-4-5-6-10(12)9(7-11)8(2)3/h5-6,8-9,11H,4,7H2,1-3H3. The van der Waals surface area contributed by atoms with Crippen molar-refractivity contribution < 1.29 is 9.90 Å². The highest BCUT2D eigenvalue weighted by Crippen LogP contribution is 2.11. The van der Waals surface area contributed by atoms with Gasteiger partial charge in [-0.25, -0.2) is 0 Å². The molecule has 0 saturated carbocycles. The summed E-state index contributed by atoms with van der Waals surface area (Å²) in [5, 5.41) is 8.91. The average molecular weight is 170 g/mol. The average Bonchev–Trinajstić information content (AvgIpc) is 2.01. The van der Waals surface area contributed by atoms with Crippen LogP contribution in [0, 0.1) is 11.8 Å². The zero-order valence-corrected chi connectivity index (χ0v) is 8.08. The first kappa shape index (κ1) is 11.4. The molecule has 0 amide bonds. The maximum atomic E-state index is 11.3. The number of aliphatic hydroxyl groups excluding tert-OH is 1. The van der Waals surface area contributed by atoms with Gasteiger partial charge in [0.2, 0.25) is 0 Å². The molecule has 1 N–H and O–H groups in total. The van der Waals surface area contributed by atoms with Gasteiger partial charge in [0.15, 0.2) is 5.78 Å². The third-order valence-electron chi connectivity index (χ3n) is 1.88. The van der Waals surface area contributed by atoms with E-state index in [0.717, 1.165) is 6.42 Å². The van der Waals surface area contributed by atoms with E-state index in [1.165, 1.54) is 0 Å². The zero-order valence-electron chi connectivity index (χ0n) is 8.08. The van der Waals surface area contributed by atoms with Crippen molar-refractivity contribution in [3.05, 3.63) is 12.2 Å². The number of hydrogen-bond acceptors (Lipinski definition) is 2. The maximum Gasteiger partial charge on any atom is 0.160 e. The Hall–Kier alpha value is -0.630. The molecule has 2 nitrogen and oxygen atoms in total. The summed E-state index contributed by atoms with van der Waals surface area (Å²) in [5.41, 5.74) is 0. The molecule has 0 aromatic carbocycles. The summed E-state index contributed by atoms with van der Waals surface area (Å²) in [6.45, 7) is 5.81. The van der Waals surface area contributed by atoms with Crippen LogP contribution in [-0.4, -0.2) is 17.5 Å². The number of aliphatic hydroxyl groups is 1. The van der Waals surface area contributed by atoms with Gasteiger partial charge in [-0.2, -0.15) is 0 Å². The molecule has 0 spiro atoms. The second-order valence-corrected chi connectivity index (χ2v) is 3.25. The van der Waals surface area contributed by atoms with Crippen molar-refractivity contribution in [1.82, 2.24) is 0 Å². The van der Waals surface area contributed by atoms with Crippen LogP contribution in [0.15, 0.2) is 12.2 Å². The van der Waals surface area contributed by atoms with Crippen LogP contribution in [0.4, 0.5) is 0 Å². The van der Waals surface area contributed by atoms with E-state index in [1.807, 2.05) is 26.8 Å². The molecular formula is C10H18O2.